The van der Waals surface area contributed by atoms with Gasteiger partial charge in [0.2, 0.25) is 5.91 Å². The van der Waals surface area contributed by atoms with Crippen molar-refractivity contribution in [2.45, 2.75) is 23.0 Å². The Bertz CT molecular complexity index is 1020. The van der Waals surface area contributed by atoms with E-state index in [2.05, 4.69) is 5.10 Å². The van der Waals surface area contributed by atoms with Crippen molar-refractivity contribution in [3.05, 3.63) is 47.3 Å². The van der Waals surface area contributed by atoms with Gasteiger partial charge >= 0.3 is 11.6 Å². The van der Waals surface area contributed by atoms with E-state index in [1.54, 1.807) is 22.2 Å². The smallest absolute Gasteiger partial charge is 0.352 e. The van der Waals surface area contributed by atoms with E-state index in [1.165, 1.54) is 28.4 Å². The highest BCUT2D eigenvalue weighted by Crippen LogP contribution is 2.40. The molecular weight excluding hydrogens is 402 g/mol. The quantitative estimate of drug-likeness (QED) is 0.333. The summed E-state index contributed by atoms with van der Waals surface area (Å²) in [5.74, 6) is -1.01. The van der Waals surface area contributed by atoms with Crippen molar-refractivity contribution >= 4 is 41.0 Å². The van der Waals surface area contributed by atoms with E-state index < -0.39 is 12.0 Å². The molecule has 0 aromatic carbocycles. The summed E-state index contributed by atoms with van der Waals surface area (Å²) in [5, 5.41) is 25.3. The fraction of sp³-hybridized carbons (Fsp3) is 0.294. The highest BCUT2D eigenvalue weighted by Gasteiger charge is 2.51. The van der Waals surface area contributed by atoms with E-state index in [0.717, 1.165) is 10.7 Å². The first-order valence-electron chi connectivity index (χ1n) is 8.50. The number of imidazole rings is 1. The lowest BCUT2D eigenvalue weighted by Crippen LogP contribution is -2.68. The standard InChI is InChI=1S/C17H17N5O4S2/c18-13-15(24)22-14(17(25)26)10(9-28-16(13)22)3-8-27-11-1-2-12-20(6-7-23)4-5-21(12)19-11/h1-5,8,13,16,23H,6-7,9,18H2/p+1/b8-3+/t13-,16-/m1/s1. The van der Waals surface area contributed by atoms with Gasteiger partial charge in [0.1, 0.15) is 34.9 Å². The zero-order valence-electron chi connectivity index (χ0n) is 14.6. The average molecular weight is 420 g/mol. The van der Waals surface area contributed by atoms with Crippen molar-refractivity contribution in [2.75, 3.05) is 12.4 Å². The molecule has 146 valence electrons. The monoisotopic (exact) mass is 420 g/mol. The summed E-state index contributed by atoms with van der Waals surface area (Å²) in [6, 6.07) is 3.13. The van der Waals surface area contributed by atoms with E-state index in [0.29, 0.717) is 17.9 Å². The maximum Gasteiger partial charge on any atom is 0.352 e. The zero-order chi connectivity index (χ0) is 19.8. The molecule has 0 saturated carbocycles. The second-order valence-electron chi connectivity index (χ2n) is 6.22. The number of hydrogen-bond acceptors (Lipinski definition) is 7. The molecule has 2 aromatic rings. The Labute approximate surface area is 168 Å². The number of fused-ring (bicyclic) bond motifs is 2. The number of nitrogens with zero attached hydrogens (tertiary/aromatic N) is 4. The number of carbonyl (C=O) groups excluding carboxylic acids is 1. The normalized spacial score (nSPS) is 22.1. The third-order valence-corrected chi connectivity index (χ3v) is 6.59. The summed E-state index contributed by atoms with van der Waals surface area (Å²) in [4.78, 5) is 24.9. The molecule has 1 amide bonds. The summed E-state index contributed by atoms with van der Waals surface area (Å²) in [6.45, 7) is 0.544. The molecule has 2 aromatic heterocycles. The minimum absolute atomic E-state index is 0.00571. The lowest BCUT2D eigenvalue weighted by Gasteiger charge is -2.47. The van der Waals surface area contributed by atoms with Crippen LogP contribution in [0, 0.1) is 0 Å². The Morgan fingerprint density at radius 3 is 3.07 bits per heavy atom. The fourth-order valence-corrected chi connectivity index (χ4v) is 5.10. The van der Waals surface area contributed by atoms with E-state index >= 15 is 0 Å². The number of hydrogen-bond donors (Lipinski definition) is 3. The number of carbonyl (C=O) groups is 2. The molecule has 4 heterocycles. The van der Waals surface area contributed by atoms with Gasteiger partial charge in [-0.2, -0.15) is 0 Å². The number of carboxylic acid groups (broad SMARTS) is 1. The van der Waals surface area contributed by atoms with Crippen LogP contribution in [-0.2, 0) is 16.1 Å². The summed E-state index contributed by atoms with van der Waals surface area (Å²) in [5.41, 5.74) is 7.19. The zero-order valence-corrected chi connectivity index (χ0v) is 16.3. The van der Waals surface area contributed by atoms with Crippen molar-refractivity contribution < 1.29 is 24.4 Å². The first-order valence-corrected chi connectivity index (χ1v) is 10.4. The number of thioether (sulfide) groups is 2. The number of allylic oxidation sites excluding steroid dienone is 1. The van der Waals surface area contributed by atoms with Gasteiger partial charge in [-0.3, -0.25) is 9.69 Å². The number of aliphatic hydroxyl groups is 1. The topological polar surface area (TPSA) is 125 Å². The van der Waals surface area contributed by atoms with Crippen LogP contribution >= 0.6 is 23.5 Å². The van der Waals surface area contributed by atoms with Gasteiger partial charge < -0.3 is 15.9 Å². The third kappa shape index (κ3) is 3.20. The average Bonchev–Trinajstić information content (AvgIpc) is 3.09. The Hall–Kier alpha value is -2.34. The number of amides is 1. The number of carboxylic acids is 1. The van der Waals surface area contributed by atoms with Crippen LogP contribution in [0.25, 0.3) is 5.65 Å². The number of aliphatic carboxylic acids is 1. The number of rotatable bonds is 6. The molecule has 0 spiro atoms. The second kappa shape index (κ2) is 7.59. The van der Waals surface area contributed by atoms with E-state index in [1.807, 2.05) is 22.9 Å². The summed E-state index contributed by atoms with van der Waals surface area (Å²) in [7, 11) is 0. The molecule has 0 bridgehead atoms. The van der Waals surface area contributed by atoms with E-state index in [-0.39, 0.29) is 23.6 Å². The fourth-order valence-electron chi connectivity index (χ4n) is 3.18. The van der Waals surface area contributed by atoms with Gasteiger partial charge in [-0.25, -0.2) is 9.36 Å². The van der Waals surface area contributed by atoms with Crippen LogP contribution in [0.1, 0.15) is 0 Å². The van der Waals surface area contributed by atoms with Crippen LogP contribution in [0.5, 0.6) is 0 Å². The predicted molar refractivity (Wildman–Crippen MR) is 103 cm³/mol. The van der Waals surface area contributed by atoms with Gasteiger partial charge in [0.25, 0.3) is 0 Å². The Kier molecular flexibility index (Phi) is 5.15. The SMILES string of the molecule is N[C@@H]1C(=O)N2C(C(=O)O)=C(/C=C/Sc3ccc4n(cc[n+]4CCO)n3)CS[C@H]12. The molecule has 0 radical (unpaired) electrons. The molecule has 28 heavy (non-hydrogen) atoms. The number of nitrogens with two attached hydrogens (primary N) is 1. The lowest BCUT2D eigenvalue weighted by molar-refractivity contribution is -0.672. The van der Waals surface area contributed by atoms with Crippen molar-refractivity contribution in [2.24, 2.45) is 5.73 Å². The molecule has 4 N–H and O–H groups in total. The van der Waals surface area contributed by atoms with Crippen molar-refractivity contribution in [3.63, 3.8) is 0 Å². The molecule has 1 saturated heterocycles. The van der Waals surface area contributed by atoms with Gasteiger partial charge in [0.15, 0.2) is 6.20 Å². The summed E-state index contributed by atoms with van der Waals surface area (Å²) in [6.07, 6.45) is 5.36. The second-order valence-corrected chi connectivity index (χ2v) is 8.26. The first-order chi connectivity index (χ1) is 13.5. The first kappa shape index (κ1) is 19.0. The third-order valence-electron chi connectivity index (χ3n) is 4.54. The molecule has 9 nitrogen and oxygen atoms in total. The Morgan fingerprint density at radius 2 is 2.32 bits per heavy atom. The van der Waals surface area contributed by atoms with Crippen molar-refractivity contribution in [3.8, 4) is 0 Å². The lowest BCUT2D eigenvalue weighted by atomic mass is 10.0. The summed E-state index contributed by atoms with van der Waals surface area (Å²) < 4.78 is 3.61. The number of aliphatic hydroxyl groups excluding tert-OH is 1. The van der Waals surface area contributed by atoms with Gasteiger partial charge in [-0.05, 0) is 23.1 Å². The van der Waals surface area contributed by atoms with Gasteiger partial charge in [-0.15, -0.1) is 16.3 Å². The number of aromatic nitrogens is 3. The molecule has 2 aliphatic rings. The minimum Gasteiger partial charge on any atom is -0.477 e. The molecule has 2 aliphatic heterocycles. The summed E-state index contributed by atoms with van der Waals surface area (Å²) >= 11 is 2.82. The molecule has 0 aliphatic carbocycles. The van der Waals surface area contributed by atoms with Crippen LogP contribution in [0.15, 0.2) is 52.3 Å². The van der Waals surface area contributed by atoms with Crippen LogP contribution in [0.4, 0.5) is 0 Å². The predicted octanol–water partition coefficient (Wildman–Crippen LogP) is -0.199. The Morgan fingerprint density at radius 1 is 1.50 bits per heavy atom. The molecule has 0 unspecified atom stereocenters. The Balaban J connectivity index is 1.53. The van der Waals surface area contributed by atoms with Gasteiger partial charge in [0, 0.05) is 11.8 Å². The molecular formula is C17H18N5O4S2+. The van der Waals surface area contributed by atoms with Crippen LogP contribution in [0.2, 0.25) is 0 Å². The van der Waals surface area contributed by atoms with Crippen LogP contribution in [0.3, 0.4) is 0 Å². The van der Waals surface area contributed by atoms with E-state index in [4.69, 9.17) is 10.8 Å². The van der Waals surface area contributed by atoms with Crippen molar-refractivity contribution in [1.82, 2.24) is 14.5 Å². The molecule has 1 fully saturated rings. The van der Waals surface area contributed by atoms with Crippen molar-refractivity contribution in [1.29, 1.82) is 0 Å². The minimum atomic E-state index is -1.13. The van der Waals surface area contributed by atoms with E-state index in [9.17, 15) is 14.7 Å². The maximum absolute atomic E-state index is 12.0. The largest absolute Gasteiger partial charge is 0.477 e. The number of β-lactam (4-membered cyclic amide) rings is 1. The van der Waals surface area contributed by atoms with Crippen LogP contribution in [-0.4, -0.2) is 60.4 Å². The highest BCUT2D eigenvalue weighted by molar-refractivity contribution is 8.02. The molecule has 11 heteroatoms. The van der Waals surface area contributed by atoms with Crippen LogP contribution < -0.4 is 10.3 Å². The highest BCUT2D eigenvalue weighted by atomic mass is 32.2. The molecule has 4 rings (SSSR count). The maximum atomic E-state index is 12.0. The van der Waals surface area contributed by atoms with Gasteiger partial charge in [0.05, 0.1) is 6.61 Å². The van der Waals surface area contributed by atoms with Gasteiger partial charge in [-0.1, -0.05) is 16.9 Å². The molecule has 2 atom stereocenters.